The van der Waals surface area contributed by atoms with Crippen LogP contribution in [0.15, 0.2) is 24.3 Å². The van der Waals surface area contributed by atoms with Crippen LogP contribution in [0.3, 0.4) is 0 Å². The standard InChI is InChI=1S/C12H16O3/c1-8(2)11(12(14)15-3)9-5-4-6-10(13)7-9/h4-8,11,13H,1-3H3. The summed E-state index contributed by atoms with van der Waals surface area (Å²) < 4.78 is 4.75. The van der Waals surface area contributed by atoms with E-state index in [0.717, 1.165) is 5.56 Å². The molecule has 0 aliphatic carbocycles. The fourth-order valence-electron chi connectivity index (χ4n) is 1.64. The maximum absolute atomic E-state index is 11.6. The van der Waals surface area contributed by atoms with Gasteiger partial charge in [0.25, 0.3) is 0 Å². The quantitative estimate of drug-likeness (QED) is 0.775. The Morgan fingerprint density at radius 3 is 2.53 bits per heavy atom. The summed E-state index contributed by atoms with van der Waals surface area (Å²) in [6.45, 7) is 3.90. The van der Waals surface area contributed by atoms with E-state index in [1.807, 2.05) is 19.9 Å². The van der Waals surface area contributed by atoms with E-state index in [4.69, 9.17) is 4.74 Å². The van der Waals surface area contributed by atoms with Gasteiger partial charge < -0.3 is 9.84 Å². The molecule has 1 N–H and O–H groups in total. The molecule has 1 unspecified atom stereocenters. The van der Waals surface area contributed by atoms with Crippen molar-refractivity contribution in [3.8, 4) is 5.75 Å². The molecule has 15 heavy (non-hydrogen) atoms. The Morgan fingerprint density at radius 1 is 1.40 bits per heavy atom. The van der Waals surface area contributed by atoms with Crippen LogP contribution >= 0.6 is 0 Å². The minimum Gasteiger partial charge on any atom is -0.508 e. The molecule has 0 saturated heterocycles. The lowest BCUT2D eigenvalue weighted by Crippen LogP contribution is -2.19. The van der Waals surface area contributed by atoms with Crippen molar-refractivity contribution in [2.75, 3.05) is 7.11 Å². The Balaban J connectivity index is 3.04. The molecule has 0 radical (unpaired) electrons. The summed E-state index contributed by atoms with van der Waals surface area (Å²) in [6, 6.07) is 6.73. The molecule has 1 rings (SSSR count). The van der Waals surface area contributed by atoms with Crippen molar-refractivity contribution in [1.29, 1.82) is 0 Å². The molecule has 0 bridgehead atoms. The van der Waals surface area contributed by atoms with Crippen molar-refractivity contribution in [2.45, 2.75) is 19.8 Å². The van der Waals surface area contributed by atoms with Gasteiger partial charge in [-0.2, -0.15) is 0 Å². The first-order valence-electron chi connectivity index (χ1n) is 4.93. The van der Waals surface area contributed by atoms with Crippen molar-refractivity contribution in [3.63, 3.8) is 0 Å². The largest absolute Gasteiger partial charge is 0.508 e. The van der Waals surface area contributed by atoms with Crippen LogP contribution in [0.1, 0.15) is 25.3 Å². The smallest absolute Gasteiger partial charge is 0.313 e. The predicted molar refractivity (Wildman–Crippen MR) is 57.7 cm³/mol. The van der Waals surface area contributed by atoms with Gasteiger partial charge in [0.15, 0.2) is 0 Å². The minimum absolute atomic E-state index is 0.138. The van der Waals surface area contributed by atoms with Gasteiger partial charge in [0, 0.05) is 0 Å². The summed E-state index contributed by atoms with van der Waals surface area (Å²) in [5.41, 5.74) is 0.789. The molecule has 1 atom stereocenters. The van der Waals surface area contributed by atoms with Crippen LogP contribution in [0.25, 0.3) is 0 Å². The van der Waals surface area contributed by atoms with E-state index < -0.39 is 0 Å². The molecule has 3 nitrogen and oxygen atoms in total. The Kier molecular flexibility index (Phi) is 3.72. The monoisotopic (exact) mass is 208 g/mol. The molecular weight excluding hydrogens is 192 g/mol. The van der Waals surface area contributed by atoms with Crippen LogP contribution in [-0.4, -0.2) is 18.2 Å². The van der Waals surface area contributed by atoms with Gasteiger partial charge >= 0.3 is 5.97 Å². The number of carbonyl (C=O) groups is 1. The number of hydrogen-bond donors (Lipinski definition) is 1. The highest BCUT2D eigenvalue weighted by Crippen LogP contribution is 2.27. The second-order valence-electron chi connectivity index (χ2n) is 3.84. The van der Waals surface area contributed by atoms with Crippen LogP contribution < -0.4 is 0 Å². The van der Waals surface area contributed by atoms with Crippen molar-refractivity contribution in [2.24, 2.45) is 5.92 Å². The third kappa shape index (κ3) is 2.72. The molecule has 1 aromatic carbocycles. The van der Waals surface area contributed by atoms with Crippen LogP contribution in [0.5, 0.6) is 5.75 Å². The van der Waals surface area contributed by atoms with E-state index >= 15 is 0 Å². The SMILES string of the molecule is COC(=O)C(c1cccc(O)c1)C(C)C. The first-order chi connectivity index (χ1) is 7.06. The summed E-state index contributed by atoms with van der Waals surface area (Å²) in [7, 11) is 1.38. The molecule has 0 aliphatic heterocycles. The molecule has 0 saturated carbocycles. The molecule has 0 fully saturated rings. The number of aromatic hydroxyl groups is 1. The van der Waals surface area contributed by atoms with Crippen LogP contribution in [0.4, 0.5) is 0 Å². The Labute approximate surface area is 89.7 Å². The Bertz CT molecular complexity index is 344. The Hall–Kier alpha value is -1.51. The number of hydrogen-bond acceptors (Lipinski definition) is 3. The fourth-order valence-corrected chi connectivity index (χ4v) is 1.64. The highest BCUT2D eigenvalue weighted by Gasteiger charge is 2.24. The molecule has 1 aromatic rings. The average molecular weight is 208 g/mol. The molecule has 0 aromatic heterocycles. The van der Waals surface area contributed by atoms with Gasteiger partial charge in [-0.3, -0.25) is 4.79 Å². The lowest BCUT2D eigenvalue weighted by atomic mass is 9.88. The summed E-state index contributed by atoms with van der Waals surface area (Å²) >= 11 is 0. The van der Waals surface area contributed by atoms with Gasteiger partial charge in [-0.1, -0.05) is 26.0 Å². The second-order valence-corrected chi connectivity index (χ2v) is 3.84. The third-order valence-electron chi connectivity index (χ3n) is 2.35. The van der Waals surface area contributed by atoms with Gasteiger partial charge in [-0.05, 0) is 23.6 Å². The molecular formula is C12H16O3. The van der Waals surface area contributed by atoms with Crippen molar-refractivity contribution < 1.29 is 14.6 Å². The van der Waals surface area contributed by atoms with E-state index in [2.05, 4.69) is 0 Å². The van der Waals surface area contributed by atoms with Gasteiger partial charge in [0.1, 0.15) is 5.75 Å². The van der Waals surface area contributed by atoms with Crippen molar-refractivity contribution >= 4 is 5.97 Å². The van der Waals surface area contributed by atoms with Crippen LogP contribution in [-0.2, 0) is 9.53 Å². The molecule has 0 aliphatic rings. The maximum atomic E-state index is 11.6. The predicted octanol–water partition coefficient (Wildman–Crippen LogP) is 2.30. The zero-order valence-corrected chi connectivity index (χ0v) is 9.23. The molecule has 0 spiro atoms. The second kappa shape index (κ2) is 4.82. The number of rotatable bonds is 3. The summed E-state index contributed by atoms with van der Waals surface area (Å²) in [5, 5.41) is 9.35. The summed E-state index contributed by atoms with van der Waals surface area (Å²) in [6.07, 6.45) is 0. The minimum atomic E-state index is -0.318. The van der Waals surface area contributed by atoms with Gasteiger partial charge in [-0.25, -0.2) is 0 Å². The van der Waals surface area contributed by atoms with E-state index in [-0.39, 0.29) is 23.6 Å². The van der Waals surface area contributed by atoms with Crippen molar-refractivity contribution in [3.05, 3.63) is 29.8 Å². The molecule has 0 amide bonds. The first kappa shape index (κ1) is 11.6. The topological polar surface area (TPSA) is 46.5 Å². The normalized spacial score (nSPS) is 12.5. The molecule has 82 valence electrons. The number of benzene rings is 1. The molecule has 0 heterocycles. The zero-order chi connectivity index (χ0) is 11.4. The average Bonchev–Trinajstić information content (AvgIpc) is 2.17. The fraction of sp³-hybridized carbons (Fsp3) is 0.417. The summed E-state index contributed by atoms with van der Waals surface area (Å²) in [5.74, 6) is -0.279. The van der Waals surface area contributed by atoms with Crippen molar-refractivity contribution in [1.82, 2.24) is 0 Å². The Morgan fingerprint density at radius 2 is 2.07 bits per heavy atom. The maximum Gasteiger partial charge on any atom is 0.313 e. The van der Waals surface area contributed by atoms with Crippen LogP contribution in [0.2, 0.25) is 0 Å². The lowest BCUT2D eigenvalue weighted by molar-refractivity contribution is -0.143. The zero-order valence-electron chi connectivity index (χ0n) is 9.23. The lowest BCUT2D eigenvalue weighted by Gasteiger charge is -2.18. The van der Waals surface area contributed by atoms with E-state index in [1.165, 1.54) is 7.11 Å². The third-order valence-corrected chi connectivity index (χ3v) is 2.35. The number of methoxy groups -OCH3 is 1. The van der Waals surface area contributed by atoms with Gasteiger partial charge in [0.2, 0.25) is 0 Å². The van der Waals surface area contributed by atoms with E-state index in [9.17, 15) is 9.90 Å². The highest BCUT2D eigenvalue weighted by atomic mass is 16.5. The van der Waals surface area contributed by atoms with Gasteiger partial charge in [-0.15, -0.1) is 0 Å². The number of esters is 1. The number of ether oxygens (including phenoxy) is 1. The van der Waals surface area contributed by atoms with E-state index in [1.54, 1.807) is 18.2 Å². The highest BCUT2D eigenvalue weighted by molar-refractivity contribution is 5.78. The number of phenols is 1. The number of carbonyl (C=O) groups excluding carboxylic acids is 1. The number of phenolic OH excluding ortho intramolecular Hbond substituents is 1. The first-order valence-corrected chi connectivity index (χ1v) is 4.93. The van der Waals surface area contributed by atoms with Gasteiger partial charge in [0.05, 0.1) is 13.0 Å². The van der Waals surface area contributed by atoms with E-state index in [0.29, 0.717) is 0 Å². The summed E-state index contributed by atoms with van der Waals surface area (Å²) in [4.78, 5) is 11.6. The van der Waals surface area contributed by atoms with Crippen LogP contribution in [0, 0.1) is 5.92 Å². The molecule has 3 heteroatoms.